The summed E-state index contributed by atoms with van der Waals surface area (Å²) in [5.74, 6) is 3.30. The van der Waals surface area contributed by atoms with E-state index in [0.717, 1.165) is 51.5 Å². The van der Waals surface area contributed by atoms with Crippen molar-refractivity contribution in [2.45, 2.75) is 44.9 Å². The van der Waals surface area contributed by atoms with Crippen LogP contribution >= 0.6 is 0 Å². The summed E-state index contributed by atoms with van der Waals surface area (Å²) in [6.07, 6.45) is 0.0767. The van der Waals surface area contributed by atoms with Crippen molar-refractivity contribution in [2.75, 3.05) is 6.61 Å². The van der Waals surface area contributed by atoms with Crippen LogP contribution in [0.2, 0.25) is 26.6 Å². The van der Waals surface area contributed by atoms with E-state index in [9.17, 15) is 5.11 Å². The molecular formula is C11H17O3SiTl3. The van der Waals surface area contributed by atoms with Crippen molar-refractivity contribution in [3.8, 4) is 11.5 Å². The summed E-state index contributed by atoms with van der Waals surface area (Å²) < 4.78 is 12.9. The third-order valence-electron chi connectivity index (χ3n) is 2.80. The summed E-state index contributed by atoms with van der Waals surface area (Å²) in [5, 5.41) is 9.43. The summed E-state index contributed by atoms with van der Waals surface area (Å²) >= 11 is 2.25. The molecular weight excluding hydrogens is 821 g/mol. The summed E-state index contributed by atoms with van der Waals surface area (Å²) in [6, 6.07) is 0. The van der Waals surface area contributed by atoms with Gasteiger partial charge in [0.25, 0.3) is 0 Å². The van der Waals surface area contributed by atoms with Crippen LogP contribution in [0.25, 0.3) is 0 Å². The minimum absolute atomic E-state index is 0.00216. The van der Waals surface area contributed by atoms with Crippen LogP contribution in [0.5, 0.6) is 0 Å². The molecule has 5 atom stereocenters. The Morgan fingerprint density at radius 2 is 1.89 bits per heavy atom. The van der Waals surface area contributed by atoms with Crippen LogP contribution in [0.3, 0.4) is 0 Å². The van der Waals surface area contributed by atoms with E-state index in [4.69, 9.17) is 7.42 Å². The van der Waals surface area contributed by atoms with Crippen molar-refractivity contribution >= 4 is 85.8 Å². The van der Waals surface area contributed by atoms with Gasteiger partial charge in [0.05, 0.1) is 0 Å². The number of aliphatic hydroxyl groups excluding tert-OH is 1. The molecule has 92 valence electrons. The third-order valence-corrected chi connectivity index (χ3v) is 18.2. The molecule has 7 heteroatoms. The molecule has 0 amide bonds. The molecule has 18 heavy (non-hydrogen) atoms. The van der Waals surface area contributed by atoms with E-state index in [0.29, 0.717) is 33.2 Å². The minimum atomic E-state index is -1.38. The molecule has 0 unspecified atom stereocenters. The second-order valence-corrected chi connectivity index (χ2v) is 17.3. The maximum atomic E-state index is 9.43. The predicted octanol–water partition coefficient (Wildman–Crippen LogP) is 0.00960. The van der Waals surface area contributed by atoms with Gasteiger partial charge in [-0.2, -0.15) is 0 Å². The van der Waals surface area contributed by atoms with Crippen LogP contribution in [0.4, 0.5) is 0 Å². The van der Waals surface area contributed by atoms with Gasteiger partial charge in [0.2, 0.25) is 0 Å². The molecule has 0 radical (unpaired) electrons. The van der Waals surface area contributed by atoms with Gasteiger partial charge < -0.3 is 0 Å². The van der Waals surface area contributed by atoms with Crippen molar-refractivity contribution in [1.29, 1.82) is 0 Å². The monoisotopic (exact) mass is 840 g/mol. The molecule has 0 aliphatic carbocycles. The van der Waals surface area contributed by atoms with Gasteiger partial charge in [0.1, 0.15) is 0 Å². The fourth-order valence-electron chi connectivity index (χ4n) is 1.76. The first kappa shape index (κ1) is 18.5. The summed E-state index contributed by atoms with van der Waals surface area (Å²) in [6.45, 7) is 6.84. The topological polar surface area (TPSA) is 38.7 Å². The van der Waals surface area contributed by atoms with Crippen molar-refractivity contribution in [1.82, 2.24) is 0 Å². The van der Waals surface area contributed by atoms with Crippen LogP contribution in [0, 0.1) is 11.5 Å². The average Bonchev–Trinajstić information content (AvgIpc) is 2.29. The number of rotatable bonds is 2. The van der Waals surface area contributed by atoms with E-state index < -0.39 is 8.07 Å². The summed E-state index contributed by atoms with van der Waals surface area (Å²) in [7, 11) is -1.38. The van der Waals surface area contributed by atoms with Crippen LogP contribution < -0.4 is 0 Å². The Bertz CT molecular complexity index is 337. The van der Waals surface area contributed by atoms with E-state index >= 15 is 0 Å². The Labute approximate surface area is 159 Å². The van der Waals surface area contributed by atoms with Crippen LogP contribution in [-0.2, 0) is 7.42 Å². The first-order chi connectivity index (χ1) is 8.30. The van der Waals surface area contributed by atoms with E-state index in [1.165, 1.54) is 0 Å². The Kier molecular flexibility index (Phi) is 8.37. The zero-order chi connectivity index (χ0) is 13.9. The first-order valence-electron chi connectivity index (χ1n) is 5.96. The normalized spacial score (nSPS) is 36.6. The van der Waals surface area contributed by atoms with E-state index in [2.05, 4.69) is 31.1 Å². The van der Waals surface area contributed by atoms with Gasteiger partial charge >= 0.3 is 161 Å². The SMILES string of the molecule is C[Si](C)(C)C#C[C@H]1O[C@H](CO)[C@@H]([Tl])[C@H]([Tl])[C@@H]1[O][Tl]. The summed E-state index contributed by atoms with van der Waals surface area (Å²) in [4.78, 5) is 0. The Morgan fingerprint density at radius 1 is 1.28 bits per heavy atom. The van der Waals surface area contributed by atoms with Crippen LogP contribution in [-0.4, -0.2) is 116 Å². The third kappa shape index (κ3) is 5.32. The number of ether oxygens (including phenoxy) is 1. The molecule has 1 aliphatic heterocycles. The van der Waals surface area contributed by atoms with Crippen molar-refractivity contribution in [2.24, 2.45) is 0 Å². The van der Waals surface area contributed by atoms with E-state index in [1.807, 2.05) is 0 Å². The quantitative estimate of drug-likeness (QED) is 0.315. The standard InChI is InChI=1S/C11H17O3Si.3Tl/c1-15(2,3)7-6-11-10(13)5-4-9(8-12)14-11;;;/h4-5,9-12H,8H2,1-3H3;;;/q-1;;;+1/t9-,10-,11+;;;/m0.../s1. The fourth-order valence-corrected chi connectivity index (χ4v) is 10.1. The molecule has 1 rings (SSSR count). The van der Waals surface area contributed by atoms with Gasteiger partial charge in [0.15, 0.2) is 0 Å². The zero-order valence-electron chi connectivity index (χ0n) is 11.1. The Balaban J connectivity index is 2.89. The molecule has 1 heterocycles. The molecule has 1 fully saturated rings. The second-order valence-electron chi connectivity index (χ2n) is 5.55. The first-order valence-corrected chi connectivity index (χ1v) is 16.5. The molecule has 0 saturated carbocycles. The molecule has 0 spiro atoms. The Hall–Kier alpha value is 2.42. The average molecular weight is 838 g/mol. The molecule has 0 aromatic rings. The van der Waals surface area contributed by atoms with Gasteiger partial charge in [0, 0.05) is 0 Å². The van der Waals surface area contributed by atoms with Gasteiger partial charge in [-0.1, -0.05) is 0 Å². The number of aliphatic hydroxyl groups is 1. The molecule has 1 aliphatic rings. The van der Waals surface area contributed by atoms with Crippen molar-refractivity contribution in [3.63, 3.8) is 0 Å². The molecule has 1 N–H and O–H groups in total. The van der Waals surface area contributed by atoms with E-state index in [-0.39, 0.29) is 24.9 Å². The zero-order valence-corrected chi connectivity index (χ0v) is 25.6. The van der Waals surface area contributed by atoms with Gasteiger partial charge in [-0.25, -0.2) is 0 Å². The maximum absolute atomic E-state index is 9.43. The number of hydrogen-bond donors (Lipinski definition) is 1. The Morgan fingerprint density at radius 3 is 2.33 bits per heavy atom. The second kappa shape index (κ2) is 8.16. The molecule has 1 saturated heterocycles. The number of hydrogen-bond acceptors (Lipinski definition) is 3. The van der Waals surface area contributed by atoms with Crippen molar-refractivity contribution < 1.29 is 12.5 Å². The molecule has 3 nitrogen and oxygen atoms in total. The predicted molar refractivity (Wildman–Crippen MR) is 76.5 cm³/mol. The molecule has 0 bridgehead atoms. The molecule has 0 aromatic carbocycles. The van der Waals surface area contributed by atoms with Gasteiger partial charge in [-0.3, -0.25) is 0 Å². The fraction of sp³-hybridized carbons (Fsp3) is 0.818. The van der Waals surface area contributed by atoms with E-state index in [1.54, 1.807) is 0 Å². The summed E-state index contributed by atoms with van der Waals surface area (Å²) in [5.41, 5.74) is 3.39. The van der Waals surface area contributed by atoms with Gasteiger partial charge in [-0.15, -0.1) is 0 Å². The van der Waals surface area contributed by atoms with Crippen molar-refractivity contribution in [3.05, 3.63) is 0 Å². The van der Waals surface area contributed by atoms with Crippen LogP contribution in [0.15, 0.2) is 0 Å². The molecule has 0 aromatic heterocycles. The van der Waals surface area contributed by atoms with Gasteiger partial charge in [-0.05, 0) is 0 Å². The van der Waals surface area contributed by atoms with Crippen LogP contribution in [0.1, 0.15) is 0 Å².